The van der Waals surface area contributed by atoms with Crippen molar-refractivity contribution in [3.63, 3.8) is 0 Å². The molecule has 31 heavy (non-hydrogen) atoms. The molecule has 2 aliphatic rings. The lowest BCUT2D eigenvalue weighted by Crippen LogP contribution is -2.37. The van der Waals surface area contributed by atoms with Crippen LogP contribution in [-0.4, -0.2) is 54.4 Å². The Morgan fingerprint density at radius 2 is 1.77 bits per heavy atom. The van der Waals surface area contributed by atoms with Crippen molar-refractivity contribution in [3.8, 4) is 0 Å². The van der Waals surface area contributed by atoms with Crippen molar-refractivity contribution in [2.75, 3.05) is 25.9 Å². The van der Waals surface area contributed by atoms with Crippen molar-refractivity contribution in [1.82, 2.24) is 14.2 Å². The van der Waals surface area contributed by atoms with E-state index in [0.717, 1.165) is 37.9 Å². The number of likely N-dealkylation sites (tertiary alicyclic amines) is 1. The SMILES string of the molecule is Cc1ccc(C)c([C@@H]2CCCN2C(=O)c2ccc(C3CCN(S(C)(=O)=O)CC3)nc2)c1. The number of pyridine rings is 1. The van der Waals surface area contributed by atoms with Crippen molar-refractivity contribution in [3.05, 3.63) is 64.5 Å². The summed E-state index contributed by atoms with van der Waals surface area (Å²) in [6.07, 6.45) is 6.46. The van der Waals surface area contributed by atoms with Gasteiger partial charge in [-0.25, -0.2) is 12.7 Å². The minimum absolute atomic E-state index is 0.0364. The molecule has 0 unspecified atom stereocenters. The average molecular weight is 442 g/mol. The highest BCUT2D eigenvalue weighted by molar-refractivity contribution is 7.88. The van der Waals surface area contributed by atoms with Gasteiger partial charge in [0, 0.05) is 37.4 Å². The lowest BCUT2D eigenvalue weighted by Gasteiger charge is -2.30. The molecule has 0 N–H and O–H groups in total. The predicted octanol–water partition coefficient (Wildman–Crippen LogP) is 3.81. The molecule has 3 heterocycles. The molecule has 0 radical (unpaired) electrons. The van der Waals surface area contributed by atoms with Gasteiger partial charge >= 0.3 is 0 Å². The standard InChI is InChI=1S/C24H31N3O3S/c1-17-6-7-18(2)21(15-17)23-5-4-12-27(23)24(28)20-8-9-22(25-16-20)19-10-13-26(14-11-19)31(3,29)30/h6-9,15-16,19,23H,4-5,10-14H2,1-3H3/t23-/m0/s1. The highest BCUT2D eigenvalue weighted by Gasteiger charge is 2.32. The molecule has 2 aliphatic heterocycles. The van der Waals surface area contributed by atoms with Crippen molar-refractivity contribution < 1.29 is 13.2 Å². The molecule has 0 saturated carbocycles. The first-order valence-corrected chi connectivity index (χ1v) is 12.9. The number of amides is 1. The van der Waals surface area contributed by atoms with Gasteiger partial charge < -0.3 is 4.90 Å². The summed E-state index contributed by atoms with van der Waals surface area (Å²) in [7, 11) is -3.13. The van der Waals surface area contributed by atoms with Crippen molar-refractivity contribution in [1.29, 1.82) is 0 Å². The highest BCUT2D eigenvalue weighted by atomic mass is 32.2. The van der Waals surface area contributed by atoms with Gasteiger partial charge in [0.15, 0.2) is 0 Å². The maximum absolute atomic E-state index is 13.3. The third-order valence-electron chi connectivity index (χ3n) is 6.68. The maximum atomic E-state index is 13.3. The van der Waals surface area contributed by atoms with Crippen LogP contribution in [-0.2, 0) is 10.0 Å². The van der Waals surface area contributed by atoms with Crippen LogP contribution in [0.5, 0.6) is 0 Å². The van der Waals surface area contributed by atoms with E-state index in [2.05, 4.69) is 37.0 Å². The van der Waals surface area contributed by atoms with E-state index in [1.807, 2.05) is 17.0 Å². The van der Waals surface area contributed by atoms with Crippen LogP contribution in [0.3, 0.4) is 0 Å². The molecule has 1 atom stereocenters. The summed E-state index contributed by atoms with van der Waals surface area (Å²) in [6, 6.07) is 10.4. The number of sulfonamides is 1. The summed E-state index contributed by atoms with van der Waals surface area (Å²) in [5.74, 6) is 0.269. The normalized spacial score (nSPS) is 20.9. The second-order valence-electron chi connectivity index (χ2n) is 8.92. The van der Waals surface area contributed by atoms with Crippen LogP contribution in [0.1, 0.15) is 70.4 Å². The van der Waals surface area contributed by atoms with E-state index in [1.165, 1.54) is 27.3 Å². The van der Waals surface area contributed by atoms with E-state index in [1.54, 1.807) is 6.20 Å². The van der Waals surface area contributed by atoms with Gasteiger partial charge in [0.2, 0.25) is 10.0 Å². The van der Waals surface area contributed by atoms with E-state index < -0.39 is 10.0 Å². The number of hydrogen-bond donors (Lipinski definition) is 0. The maximum Gasteiger partial charge on any atom is 0.255 e. The Bertz CT molecular complexity index is 1060. The van der Waals surface area contributed by atoms with E-state index >= 15 is 0 Å². The fourth-order valence-electron chi connectivity index (χ4n) is 4.87. The third-order valence-corrected chi connectivity index (χ3v) is 7.99. The van der Waals surface area contributed by atoms with Gasteiger partial charge in [-0.2, -0.15) is 0 Å². The quantitative estimate of drug-likeness (QED) is 0.723. The van der Waals surface area contributed by atoms with Gasteiger partial charge in [-0.15, -0.1) is 0 Å². The van der Waals surface area contributed by atoms with E-state index in [9.17, 15) is 13.2 Å². The van der Waals surface area contributed by atoms with Crippen LogP contribution in [0, 0.1) is 13.8 Å². The number of nitrogens with zero attached hydrogens (tertiary/aromatic N) is 3. The van der Waals surface area contributed by atoms with Crippen LogP contribution in [0.2, 0.25) is 0 Å². The first-order chi connectivity index (χ1) is 14.7. The van der Waals surface area contributed by atoms with E-state index in [-0.39, 0.29) is 17.9 Å². The van der Waals surface area contributed by atoms with Gasteiger partial charge in [-0.05, 0) is 62.8 Å². The van der Waals surface area contributed by atoms with Crippen LogP contribution < -0.4 is 0 Å². The minimum atomic E-state index is -3.13. The van der Waals surface area contributed by atoms with Crippen molar-refractivity contribution in [2.45, 2.75) is 51.5 Å². The molecule has 1 amide bonds. The molecule has 2 saturated heterocycles. The molecule has 2 aromatic rings. The molecule has 0 spiro atoms. The summed E-state index contributed by atoms with van der Waals surface area (Å²) >= 11 is 0. The number of aryl methyl sites for hydroxylation is 2. The first-order valence-electron chi connectivity index (χ1n) is 11.0. The number of aromatic nitrogens is 1. The first kappa shape index (κ1) is 22.0. The van der Waals surface area contributed by atoms with Crippen LogP contribution >= 0.6 is 0 Å². The fourth-order valence-corrected chi connectivity index (χ4v) is 5.75. The predicted molar refractivity (Wildman–Crippen MR) is 122 cm³/mol. The van der Waals surface area contributed by atoms with E-state index in [0.29, 0.717) is 18.7 Å². The highest BCUT2D eigenvalue weighted by Crippen LogP contribution is 2.35. The number of carbonyl (C=O) groups is 1. The zero-order valence-electron chi connectivity index (χ0n) is 18.5. The lowest BCUT2D eigenvalue weighted by atomic mass is 9.94. The van der Waals surface area contributed by atoms with E-state index in [4.69, 9.17) is 0 Å². The largest absolute Gasteiger partial charge is 0.332 e. The lowest BCUT2D eigenvalue weighted by molar-refractivity contribution is 0.0734. The fraction of sp³-hybridized carbons (Fsp3) is 0.500. The average Bonchev–Trinajstić information content (AvgIpc) is 3.24. The molecule has 0 aliphatic carbocycles. The smallest absolute Gasteiger partial charge is 0.255 e. The molecule has 4 rings (SSSR count). The second kappa shape index (κ2) is 8.71. The Labute approximate surface area is 185 Å². The van der Waals surface area contributed by atoms with Crippen LogP contribution in [0.4, 0.5) is 0 Å². The molecule has 166 valence electrons. The molecule has 6 nitrogen and oxygen atoms in total. The Hall–Kier alpha value is -2.25. The van der Waals surface area contributed by atoms with Gasteiger partial charge in [0.05, 0.1) is 17.9 Å². The van der Waals surface area contributed by atoms with Crippen LogP contribution in [0.15, 0.2) is 36.5 Å². The molecule has 2 fully saturated rings. The number of rotatable bonds is 4. The van der Waals surface area contributed by atoms with Crippen molar-refractivity contribution in [2.24, 2.45) is 0 Å². The molecule has 7 heteroatoms. The summed E-state index contributed by atoms with van der Waals surface area (Å²) in [5.41, 5.74) is 5.25. The Morgan fingerprint density at radius 3 is 2.42 bits per heavy atom. The van der Waals surface area contributed by atoms with Gasteiger partial charge in [-0.3, -0.25) is 9.78 Å². The Morgan fingerprint density at radius 1 is 1.03 bits per heavy atom. The van der Waals surface area contributed by atoms with Gasteiger partial charge in [0.1, 0.15) is 0 Å². The zero-order valence-corrected chi connectivity index (χ0v) is 19.4. The second-order valence-corrected chi connectivity index (χ2v) is 10.9. The summed E-state index contributed by atoms with van der Waals surface area (Å²) in [4.78, 5) is 19.9. The third kappa shape index (κ3) is 4.67. The summed E-state index contributed by atoms with van der Waals surface area (Å²) in [5, 5.41) is 0. The zero-order chi connectivity index (χ0) is 22.2. The number of benzene rings is 1. The Kier molecular flexibility index (Phi) is 6.17. The topological polar surface area (TPSA) is 70.6 Å². The number of piperidine rings is 1. The number of carbonyl (C=O) groups excluding carboxylic acids is 1. The molecular formula is C24H31N3O3S. The summed E-state index contributed by atoms with van der Waals surface area (Å²) in [6.45, 7) is 6.02. The molecule has 1 aromatic carbocycles. The minimum Gasteiger partial charge on any atom is -0.332 e. The van der Waals surface area contributed by atoms with Gasteiger partial charge in [0.25, 0.3) is 5.91 Å². The molecular weight excluding hydrogens is 410 g/mol. The molecule has 1 aromatic heterocycles. The molecule has 0 bridgehead atoms. The van der Waals surface area contributed by atoms with Gasteiger partial charge in [-0.1, -0.05) is 23.8 Å². The number of hydrogen-bond acceptors (Lipinski definition) is 4. The van der Waals surface area contributed by atoms with Crippen LogP contribution in [0.25, 0.3) is 0 Å². The summed E-state index contributed by atoms with van der Waals surface area (Å²) < 4.78 is 25.0. The monoisotopic (exact) mass is 441 g/mol. The Balaban J connectivity index is 1.46. The van der Waals surface area contributed by atoms with Crippen molar-refractivity contribution >= 4 is 15.9 Å².